The van der Waals surface area contributed by atoms with E-state index in [-0.39, 0.29) is 20.6 Å². The summed E-state index contributed by atoms with van der Waals surface area (Å²) in [6.45, 7) is 0.302. The highest BCUT2D eigenvalue weighted by Crippen LogP contribution is 2.45. The van der Waals surface area contributed by atoms with E-state index in [2.05, 4.69) is 10.3 Å². The molecule has 1 N–H and O–H groups in total. The molecule has 0 aliphatic carbocycles. The second-order valence-corrected chi connectivity index (χ2v) is 9.47. The molecule has 3 aromatic rings. The second kappa shape index (κ2) is 9.65. The largest absolute Gasteiger partial charge is 0.378 e. The molecular weight excluding hydrogens is 467 g/mol. The van der Waals surface area contributed by atoms with Crippen molar-refractivity contribution in [1.82, 2.24) is 10.3 Å². The molecule has 1 amide bonds. The van der Waals surface area contributed by atoms with Gasteiger partial charge in [-0.3, -0.25) is 19.9 Å². The van der Waals surface area contributed by atoms with E-state index in [1.165, 1.54) is 18.5 Å². The fourth-order valence-corrected chi connectivity index (χ4v) is 5.26. The number of nitro groups is 1. The lowest BCUT2D eigenvalue weighted by Crippen LogP contribution is -2.22. The number of rotatable bonds is 7. The number of amides is 1. The maximum absolute atomic E-state index is 12.6. The first-order valence-corrected chi connectivity index (χ1v) is 10.9. The number of nitrogens with one attached hydrogen (secondary N) is 1. The molecule has 11 heteroatoms. The summed E-state index contributed by atoms with van der Waals surface area (Å²) in [5.41, 5.74) is 1.76. The van der Waals surface area contributed by atoms with Crippen LogP contribution in [0.5, 0.6) is 0 Å². The average Bonchev–Trinajstić information content (AvgIpc) is 3.13. The molecule has 0 fully saturated rings. The highest BCUT2D eigenvalue weighted by Gasteiger charge is 2.24. The van der Waals surface area contributed by atoms with Gasteiger partial charge in [0.25, 0.3) is 11.6 Å². The predicted molar refractivity (Wildman–Crippen MR) is 121 cm³/mol. The molecule has 2 heterocycles. The van der Waals surface area contributed by atoms with Gasteiger partial charge in [0, 0.05) is 44.8 Å². The standard InChI is InChI=1S/C19H16Cl2N4O3S2/c1-24(2)12-5-3-4-11(6-12)8-23-18(26)16-7-15(25(27)28)19(29-16)30-17-13(20)9-22-10-14(17)21/h3-7,9-10H,8H2,1-2H3,(H,23,26). The van der Waals surface area contributed by atoms with E-state index in [1.807, 2.05) is 43.3 Å². The molecule has 0 atom stereocenters. The Morgan fingerprint density at radius 2 is 1.97 bits per heavy atom. The molecular formula is C19H16Cl2N4O3S2. The zero-order valence-corrected chi connectivity index (χ0v) is 19.0. The van der Waals surface area contributed by atoms with Gasteiger partial charge in [-0.25, -0.2) is 0 Å². The summed E-state index contributed by atoms with van der Waals surface area (Å²) in [6.07, 6.45) is 2.81. The van der Waals surface area contributed by atoms with Crippen LogP contribution in [0.15, 0.2) is 51.8 Å². The zero-order valence-electron chi connectivity index (χ0n) is 15.9. The van der Waals surface area contributed by atoms with Gasteiger partial charge in [0.15, 0.2) is 0 Å². The zero-order chi connectivity index (χ0) is 21.8. The van der Waals surface area contributed by atoms with Crippen LogP contribution in [0.2, 0.25) is 10.0 Å². The molecule has 2 aromatic heterocycles. The van der Waals surface area contributed by atoms with Crippen molar-refractivity contribution >= 4 is 63.6 Å². The first kappa shape index (κ1) is 22.4. The highest BCUT2D eigenvalue weighted by atomic mass is 35.5. The van der Waals surface area contributed by atoms with Crippen LogP contribution in [0, 0.1) is 10.1 Å². The number of thiophene rings is 1. The van der Waals surface area contributed by atoms with E-state index in [1.54, 1.807) is 0 Å². The summed E-state index contributed by atoms with van der Waals surface area (Å²) in [6, 6.07) is 9.00. The van der Waals surface area contributed by atoms with Crippen molar-refractivity contribution in [2.45, 2.75) is 15.6 Å². The molecule has 1 aromatic carbocycles. The molecule has 0 radical (unpaired) electrons. The van der Waals surface area contributed by atoms with E-state index in [0.29, 0.717) is 15.6 Å². The molecule has 3 rings (SSSR count). The first-order chi connectivity index (χ1) is 14.3. The topological polar surface area (TPSA) is 88.4 Å². The second-order valence-electron chi connectivity index (χ2n) is 6.32. The van der Waals surface area contributed by atoms with E-state index in [0.717, 1.165) is 34.3 Å². The summed E-state index contributed by atoms with van der Waals surface area (Å²) in [5.74, 6) is -0.392. The van der Waals surface area contributed by atoms with Crippen LogP contribution in [0.1, 0.15) is 15.2 Å². The molecule has 0 saturated carbocycles. The maximum atomic E-state index is 12.6. The van der Waals surface area contributed by atoms with Gasteiger partial charge in [-0.15, -0.1) is 11.3 Å². The third-order valence-electron chi connectivity index (χ3n) is 3.98. The number of nitrogens with zero attached hydrogens (tertiary/aromatic N) is 3. The highest BCUT2D eigenvalue weighted by molar-refractivity contribution is 8.01. The van der Waals surface area contributed by atoms with Gasteiger partial charge in [-0.1, -0.05) is 47.1 Å². The SMILES string of the molecule is CN(C)c1cccc(CNC(=O)c2cc([N+](=O)[O-])c(Sc3c(Cl)cncc3Cl)s2)c1. The number of hydrogen-bond donors (Lipinski definition) is 1. The molecule has 7 nitrogen and oxygen atoms in total. The monoisotopic (exact) mass is 482 g/mol. The summed E-state index contributed by atoms with van der Waals surface area (Å²) in [5, 5.41) is 14.8. The summed E-state index contributed by atoms with van der Waals surface area (Å²) >= 11 is 14.3. The third kappa shape index (κ3) is 5.23. The summed E-state index contributed by atoms with van der Waals surface area (Å²) in [7, 11) is 3.87. The van der Waals surface area contributed by atoms with Crippen LogP contribution in [0.25, 0.3) is 0 Å². The summed E-state index contributed by atoms with van der Waals surface area (Å²) < 4.78 is 0.315. The minimum absolute atomic E-state index is 0.172. The van der Waals surface area contributed by atoms with Gasteiger partial charge in [-0.05, 0) is 17.7 Å². The van der Waals surface area contributed by atoms with E-state index >= 15 is 0 Å². The van der Waals surface area contributed by atoms with Crippen molar-refractivity contribution in [3.63, 3.8) is 0 Å². The van der Waals surface area contributed by atoms with Gasteiger partial charge in [0.05, 0.1) is 19.9 Å². The predicted octanol–water partition coefficient (Wildman–Crippen LogP) is 5.51. The Kier molecular flexibility index (Phi) is 7.19. The van der Waals surface area contributed by atoms with Gasteiger partial charge in [0.2, 0.25) is 0 Å². The lowest BCUT2D eigenvalue weighted by Gasteiger charge is -2.13. The van der Waals surface area contributed by atoms with Gasteiger partial charge < -0.3 is 10.2 Å². The number of anilines is 1. The average molecular weight is 483 g/mol. The van der Waals surface area contributed by atoms with Crippen molar-refractivity contribution in [2.24, 2.45) is 0 Å². The third-order valence-corrected chi connectivity index (χ3v) is 7.24. The lowest BCUT2D eigenvalue weighted by molar-refractivity contribution is -0.387. The van der Waals surface area contributed by atoms with Crippen LogP contribution in [0.4, 0.5) is 11.4 Å². The Hall–Kier alpha value is -2.33. The number of pyridine rings is 1. The number of aromatic nitrogens is 1. The van der Waals surface area contributed by atoms with Crippen molar-refractivity contribution in [3.05, 3.63) is 73.3 Å². The van der Waals surface area contributed by atoms with E-state index < -0.39 is 10.8 Å². The fourth-order valence-electron chi connectivity index (χ4n) is 2.48. The number of carbonyl (C=O) groups excluding carboxylic acids is 1. The minimum atomic E-state index is -0.529. The molecule has 0 spiro atoms. The Balaban J connectivity index is 1.79. The molecule has 0 saturated heterocycles. The lowest BCUT2D eigenvalue weighted by atomic mass is 10.2. The fraction of sp³-hybridized carbons (Fsp3) is 0.158. The normalized spacial score (nSPS) is 10.7. The van der Waals surface area contributed by atoms with Crippen LogP contribution in [-0.2, 0) is 6.54 Å². The molecule has 0 bridgehead atoms. The Morgan fingerprint density at radius 3 is 2.60 bits per heavy atom. The van der Waals surface area contributed by atoms with Crippen molar-refractivity contribution in [3.8, 4) is 0 Å². The first-order valence-electron chi connectivity index (χ1n) is 8.55. The van der Waals surface area contributed by atoms with Gasteiger partial charge in [-0.2, -0.15) is 0 Å². The quantitative estimate of drug-likeness (QED) is 0.353. The number of halogens is 2. The van der Waals surface area contributed by atoms with Crippen LogP contribution >= 0.6 is 46.3 Å². The van der Waals surface area contributed by atoms with Crippen molar-refractivity contribution in [1.29, 1.82) is 0 Å². The summed E-state index contributed by atoms with van der Waals surface area (Å²) in [4.78, 5) is 30.1. The van der Waals surface area contributed by atoms with Crippen LogP contribution in [0.3, 0.4) is 0 Å². The minimum Gasteiger partial charge on any atom is -0.378 e. The number of hydrogen-bond acceptors (Lipinski definition) is 7. The molecule has 156 valence electrons. The van der Waals surface area contributed by atoms with Gasteiger partial charge >= 0.3 is 0 Å². The van der Waals surface area contributed by atoms with Crippen LogP contribution in [-0.4, -0.2) is 29.9 Å². The van der Waals surface area contributed by atoms with E-state index in [9.17, 15) is 14.9 Å². The van der Waals surface area contributed by atoms with Crippen LogP contribution < -0.4 is 10.2 Å². The smallest absolute Gasteiger partial charge is 0.294 e. The molecule has 0 unspecified atom stereocenters. The molecule has 30 heavy (non-hydrogen) atoms. The number of benzene rings is 1. The van der Waals surface area contributed by atoms with Crippen molar-refractivity contribution < 1.29 is 9.72 Å². The van der Waals surface area contributed by atoms with Gasteiger partial charge in [0.1, 0.15) is 9.09 Å². The van der Waals surface area contributed by atoms with E-state index in [4.69, 9.17) is 23.2 Å². The Morgan fingerprint density at radius 1 is 1.27 bits per heavy atom. The maximum Gasteiger partial charge on any atom is 0.294 e. The number of carbonyl (C=O) groups is 1. The Bertz CT molecular complexity index is 1080. The Labute approximate surface area is 191 Å². The molecule has 0 aliphatic rings. The van der Waals surface area contributed by atoms with Crippen molar-refractivity contribution in [2.75, 3.05) is 19.0 Å². The molecule has 0 aliphatic heterocycles.